The minimum atomic E-state index is -1.40. The van der Waals surface area contributed by atoms with Gasteiger partial charge in [0.1, 0.15) is 0 Å². The first-order valence-electron chi connectivity index (χ1n) is 3.76. The smallest absolute Gasteiger partial charge is 0.0437 e. The minimum Gasteiger partial charge on any atom is -0.0876 e. The Hall–Kier alpha value is -0.300. The molecule has 0 fully saturated rings. The van der Waals surface area contributed by atoms with E-state index in [0.29, 0.717) is 5.56 Å². The quantitative estimate of drug-likeness (QED) is 0.593. The lowest BCUT2D eigenvalue weighted by molar-refractivity contribution is 1.37. The first-order valence-corrected chi connectivity index (χ1v) is 3.55. The summed E-state index contributed by atoms with van der Waals surface area (Å²) < 4.78 is 14.7. The van der Waals surface area contributed by atoms with Crippen LogP contribution in [-0.2, 0) is 5.28 Å². The molecule has 9 heavy (non-hydrogen) atoms. The van der Waals surface area contributed by atoms with Crippen molar-refractivity contribution in [2.24, 2.45) is 0 Å². The number of benzene rings is 1. The topological polar surface area (TPSA) is 0 Å². The molecule has 0 atom stereocenters. The van der Waals surface area contributed by atoms with E-state index in [1.807, 2.05) is 25.1 Å². The molecular weight excluding hydrogens is 176 g/mol. The van der Waals surface area contributed by atoms with Gasteiger partial charge in [-0.05, 0) is 12.5 Å². The Morgan fingerprint density at radius 2 is 2.44 bits per heavy atom. The van der Waals surface area contributed by atoms with Crippen LogP contribution in [0.4, 0.5) is 0 Å². The SMILES string of the molecule is [2H]C([2H])(Br)c1cccc(C)c1. The van der Waals surface area contributed by atoms with Gasteiger partial charge in [0.25, 0.3) is 0 Å². The van der Waals surface area contributed by atoms with E-state index in [2.05, 4.69) is 15.9 Å². The van der Waals surface area contributed by atoms with Crippen LogP contribution in [0, 0.1) is 6.92 Å². The van der Waals surface area contributed by atoms with Gasteiger partial charge in [0, 0.05) is 8.02 Å². The third kappa shape index (κ3) is 1.83. The van der Waals surface area contributed by atoms with Crippen LogP contribution in [0.2, 0.25) is 0 Å². The number of aryl methyl sites for hydroxylation is 1. The standard InChI is InChI=1S/C8H9Br/c1-7-3-2-4-8(5-7)6-9/h2-5H,6H2,1H3/i6D2. The molecule has 0 aromatic heterocycles. The Balaban J connectivity index is 3.06. The summed E-state index contributed by atoms with van der Waals surface area (Å²) in [5.74, 6) is 0. The molecule has 0 saturated carbocycles. The van der Waals surface area contributed by atoms with Crippen molar-refractivity contribution in [3.8, 4) is 0 Å². The maximum Gasteiger partial charge on any atom is 0.0437 e. The molecule has 1 rings (SSSR count). The van der Waals surface area contributed by atoms with Gasteiger partial charge in [-0.1, -0.05) is 45.8 Å². The van der Waals surface area contributed by atoms with Gasteiger partial charge in [-0.25, -0.2) is 0 Å². The predicted molar refractivity (Wildman–Crippen MR) is 43.8 cm³/mol. The van der Waals surface area contributed by atoms with Crippen molar-refractivity contribution >= 4 is 15.9 Å². The first-order chi connectivity index (χ1) is 5.00. The summed E-state index contributed by atoms with van der Waals surface area (Å²) in [7, 11) is 0. The largest absolute Gasteiger partial charge is 0.0876 e. The predicted octanol–water partition coefficient (Wildman–Crippen LogP) is 2.89. The first kappa shape index (κ1) is 4.51. The fraction of sp³-hybridized carbons (Fsp3) is 0.250. The van der Waals surface area contributed by atoms with Gasteiger partial charge in [-0.15, -0.1) is 0 Å². The van der Waals surface area contributed by atoms with E-state index in [9.17, 15) is 0 Å². The molecule has 1 heteroatoms. The molecule has 0 unspecified atom stereocenters. The molecule has 0 N–H and O–H groups in total. The molecule has 1 aromatic rings. The van der Waals surface area contributed by atoms with Crippen molar-refractivity contribution in [3.05, 3.63) is 35.4 Å². The molecular formula is C8H9Br. The number of rotatable bonds is 1. The zero-order valence-corrected chi connectivity index (χ0v) is 6.77. The second kappa shape index (κ2) is 3.02. The van der Waals surface area contributed by atoms with Crippen LogP contribution in [0.5, 0.6) is 0 Å². The average molecular weight is 187 g/mol. The third-order valence-corrected chi connectivity index (χ3v) is 1.59. The van der Waals surface area contributed by atoms with Crippen molar-refractivity contribution in [3.63, 3.8) is 0 Å². The van der Waals surface area contributed by atoms with E-state index in [1.165, 1.54) is 0 Å². The third-order valence-electron chi connectivity index (χ3n) is 1.13. The van der Waals surface area contributed by atoms with E-state index < -0.39 is 5.28 Å². The zero-order chi connectivity index (χ0) is 8.48. The fourth-order valence-corrected chi connectivity index (χ4v) is 0.950. The van der Waals surface area contributed by atoms with Crippen LogP contribution in [-0.4, -0.2) is 0 Å². The number of halogens is 1. The average Bonchev–Trinajstić information content (AvgIpc) is 1.86. The van der Waals surface area contributed by atoms with Gasteiger partial charge >= 0.3 is 0 Å². The fourth-order valence-electron chi connectivity index (χ4n) is 0.704. The summed E-state index contributed by atoms with van der Waals surface area (Å²) in [4.78, 5) is 0. The second-order valence-corrected chi connectivity index (χ2v) is 2.36. The summed E-state index contributed by atoms with van der Waals surface area (Å²) in [6, 6.07) is 7.39. The molecule has 0 aliphatic rings. The Morgan fingerprint density at radius 3 is 2.89 bits per heavy atom. The molecule has 0 heterocycles. The Kier molecular flexibility index (Phi) is 1.51. The maximum atomic E-state index is 7.35. The summed E-state index contributed by atoms with van der Waals surface area (Å²) in [5.41, 5.74) is 1.74. The Bertz CT molecular complexity index is 253. The highest BCUT2D eigenvalue weighted by Gasteiger charge is 1.86. The highest BCUT2D eigenvalue weighted by molar-refractivity contribution is 9.08. The molecule has 0 aliphatic carbocycles. The van der Waals surface area contributed by atoms with Gasteiger partial charge in [0.2, 0.25) is 0 Å². The van der Waals surface area contributed by atoms with Crippen LogP contribution in [0.15, 0.2) is 24.3 Å². The number of hydrogen-bond donors (Lipinski definition) is 0. The monoisotopic (exact) mass is 186 g/mol. The summed E-state index contributed by atoms with van der Waals surface area (Å²) >= 11 is 2.95. The van der Waals surface area contributed by atoms with Crippen LogP contribution in [0.3, 0.4) is 0 Å². The number of alkyl halides is 1. The van der Waals surface area contributed by atoms with Crippen molar-refractivity contribution in [1.82, 2.24) is 0 Å². The van der Waals surface area contributed by atoms with Crippen molar-refractivity contribution < 1.29 is 2.74 Å². The maximum absolute atomic E-state index is 7.35. The van der Waals surface area contributed by atoms with Crippen molar-refractivity contribution in [1.29, 1.82) is 0 Å². The van der Waals surface area contributed by atoms with Crippen LogP contribution in [0.1, 0.15) is 13.9 Å². The molecule has 0 bridgehead atoms. The molecule has 0 nitrogen and oxygen atoms in total. The normalized spacial score (nSPS) is 14.4. The Morgan fingerprint density at radius 1 is 1.67 bits per heavy atom. The lowest BCUT2D eigenvalue weighted by atomic mass is 10.2. The van der Waals surface area contributed by atoms with E-state index in [1.54, 1.807) is 6.07 Å². The van der Waals surface area contributed by atoms with Crippen LogP contribution >= 0.6 is 15.9 Å². The van der Waals surface area contributed by atoms with Gasteiger partial charge in [0.15, 0.2) is 0 Å². The summed E-state index contributed by atoms with van der Waals surface area (Å²) in [5, 5.41) is -1.40. The summed E-state index contributed by atoms with van der Waals surface area (Å²) in [6.45, 7) is 1.95. The lowest BCUT2D eigenvalue weighted by Crippen LogP contribution is -1.76. The van der Waals surface area contributed by atoms with Crippen molar-refractivity contribution in [2.45, 2.75) is 12.2 Å². The van der Waals surface area contributed by atoms with Gasteiger partial charge < -0.3 is 0 Å². The second-order valence-electron chi connectivity index (χ2n) is 1.96. The van der Waals surface area contributed by atoms with Crippen molar-refractivity contribution in [2.75, 3.05) is 0 Å². The van der Waals surface area contributed by atoms with E-state index in [4.69, 9.17) is 2.74 Å². The van der Waals surface area contributed by atoms with E-state index >= 15 is 0 Å². The molecule has 0 spiro atoms. The lowest BCUT2D eigenvalue weighted by Gasteiger charge is -1.94. The van der Waals surface area contributed by atoms with E-state index in [-0.39, 0.29) is 0 Å². The molecule has 0 aliphatic heterocycles. The van der Waals surface area contributed by atoms with Crippen LogP contribution < -0.4 is 0 Å². The Labute approximate surface area is 66.8 Å². The molecule has 0 saturated heterocycles. The zero-order valence-electron chi connectivity index (χ0n) is 7.19. The van der Waals surface area contributed by atoms with Gasteiger partial charge in [-0.2, -0.15) is 0 Å². The minimum absolute atomic E-state index is 0.664. The molecule has 48 valence electrons. The molecule has 0 amide bonds. The molecule has 1 aromatic carbocycles. The van der Waals surface area contributed by atoms with E-state index in [0.717, 1.165) is 5.56 Å². The molecule has 0 radical (unpaired) electrons. The highest BCUT2D eigenvalue weighted by Crippen LogP contribution is 2.06. The summed E-state index contributed by atoms with van der Waals surface area (Å²) in [6.07, 6.45) is 0. The highest BCUT2D eigenvalue weighted by atomic mass is 79.9. The van der Waals surface area contributed by atoms with Gasteiger partial charge in [-0.3, -0.25) is 0 Å². The van der Waals surface area contributed by atoms with Gasteiger partial charge in [0.05, 0.1) is 0 Å². The van der Waals surface area contributed by atoms with Crippen LogP contribution in [0.25, 0.3) is 0 Å². The number of hydrogen-bond acceptors (Lipinski definition) is 0.